The Morgan fingerprint density at radius 1 is 0.885 bits per heavy atom. The lowest BCUT2D eigenvalue weighted by Gasteiger charge is -2.10. The summed E-state index contributed by atoms with van der Waals surface area (Å²) in [6, 6.07) is 16.2. The van der Waals surface area contributed by atoms with Crippen molar-refractivity contribution in [3.8, 4) is 22.5 Å². The first-order chi connectivity index (χ1) is 12.6. The fourth-order valence-electron chi connectivity index (χ4n) is 2.37. The average molecular weight is 365 g/mol. The number of methoxy groups -OCH3 is 1. The van der Waals surface area contributed by atoms with Gasteiger partial charge in [0.1, 0.15) is 11.4 Å². The van der Waals surface area contributed by atoms with E-state index < -0.39 is 0 Å². The van der Waals surface area contributed by atoms with Gasteiger partial charge in [0.15, 0.2) is 0 Å². The van der Waals surface area contributed by atoms with Crippen LogP contribution in [0.15, 0.2) is 53.7 Å². The minimum atomic E-state index is -0.321. The predicted molar refractivity (Wildman–Crippen MR) is 103 cm³/mol. The molecule has 1 heterocycles. The first-order valence-electron chi connectivity index (χ1n) is 8.15. The van der Waals surface area contributed by atoms with Crippen molar-refractivity contribution in [3.05, 3.63) is 59.7 Å². The lowest BCUT2D eigenvalue weighted by atomic mass is 10.0. The Bertz CT molecular complexity index is 909. The number of ether oxygens (including phenoxy) is 1. The summed E-state index contributed by atoms with van der Waals surface area (Å²) in [5.74, 6) is -0.173. The van der Waals surface area contributed by atoms with E-state index in [0.717, 1.165) is 22.5 Å². The number of nitrogens with zero attached hydrogens (tertiary/aromatic N) is 3. The zero-order chi connectivity index (χ0) is 18.5. The summed E-state index contributed by atoms with van der Waals surface area (Å²) in [5.41, 5.74) is 5.73. The zero-order valence-electron chi connectivity index (χ0n) is 14.9. The van der Waals surface area contributed by atoms with Crippen LogP contribution in [0, 0.1) is 13.8 Å². The Labute approximate surface area is 156 Å². The molecule has 3 rings (SSSR count). The molecule has 0 bridgehead atoms. The van der Waals surface area contributed by atoms with Crippen LogP contribution < -0.4 is 0 Å². The van der Waals surface area contributed by atoms with Crippen LogP contribution >= 0.6 is 11.8 Å². The van der Waals surface area contributed by atoms with E-state index in [9.17, 15) is 4.79 Å². The highest BCUT2D eigenvalue weighted by Crippen LogP contribution is 2.30. The number of esters is 1. The Kier molecular flexibility index (Phi) is 5.63. The summed E-state index contributed by atoms with van der Waals surface area (Å²) < 4.78 is 4.67. The second kappa shape index (κ2) is 8.10. The summed E-state index contributed by atoms with van der Waals surface area (Å²) in [5, 5.41) is 9.02. The van der Waals surface area contributed by atoms with Crippen molar-refractivity contribution in [2.75, 3.05) is 12.9 Å². The van der Waals surface area contributed by atoms with E-state index in [1.54, 1.807) is 0 Å². The van der Waals surface area contributed by atoms with Crippen LogP contribution in [-0.4, -0.2) is 34.0 Å². The maximum absolute atomic E-state index is 11.4. The van der Waals surface area contributed by atoms with Gasteiger partial charge in [0.2, 0.25) is 5.16 Å². The molecule has 3 aromatic rings. The standard InChI is InChI=1S/C20H19N3O2S/c1-13-4-8-15(9-5-13)18-19(16-10-6-14(2)7-11-16)22-23-20(21-18)26-12-17(24)25-3/h4-11H,12H2,1-3H3. The Morgan fingerprint density at radius 3 is 1.96 bits per heavy atom. The van der Waals surface area contributed by atoms with Crippen molar-refractivity contribution in [1.29, 1.82) is 0 Å². The second-order valence-electron chi connectivity index (χ2n) is 5.89. The number of aromatic nitrogens is 3. The van der Waals surface area contributed by atoms with Gasteiger partial charge in [-0.05, 0) is 13.8 Å². The van der Waals surface area contributed by atoms with Gasteiger partial charge in [-0.1, -0.05) is 71.4 Å². The molecule has 0 fully saturated rings. The van der Waals surface area contributed by atoms with Crippen LogP contribution in [0.5, 0.6) is 0 Å². The minimum Gasteiger partial charge on any atom is -0.468 e. The maximum atomic E-state index is 11.4. The van der Waals surface area contributed by atoms with Gasteiger partial charge < -0.3 is 4.74 Å². The molecular weight excluding hydrogens is 346 g/mol. The minimum absolute atomic E-state index is 0.148. The van der Waals surface area contributed by atoms with Gasteiger partial charge in [-0.25, -0.2) is 4.98 Å². The van der Waals surface area contributed by atoms with Crippen molar-refractivity contribution >= 4 is 17.7 Å². The molecule has 0 amide bonds. The van der Waals surface area contributed by atoms with Crippen LogP contribution in [0.3, 0.4) is 0 Å². The molecule has 0 saturated heterocycles. The molecular formula is C20H19N3O2S. The van der Waals surface area contributed by atoms with E-state index in [4.69, 9.17) is 0 Å². The number of thioether (sulfide) groups is 1. The zero-order valence-corrected chi connectivity index (χ0v) is 15.7. The van der Waals surface area contributed by atoms with Gasteiger partial charge in [0.05, 0.1) is 12.9 Å². The second-order valence-corrected chi connectivity index (χ2v) is 6.83. The van der Waals surface area contributed by atoms with E-state index in [1.807, 2.05) is 62.4 Å². The summed E-state index contributed by atoms with van der Waals surface area (Å²) in [6.07, 6.45) is 0. The smallest absolute Gasteiger partial charge is 0.316 e. The van der Waals surface area contributed by atoms with Crippen LogP contribution in [0.2, 0.25) is 0 Å². The third kappa shape index (κ3) is 4.26. The number of carbonyl (C=O) groups is 1. The molecule has 0 atom stereocenters. The quantitative estimate of drug-likeness (QED) is 0.501. The van der Waals surface area contributed by atoms with Crippen molar-refractivity contribution < 1.29 is 9.53 Å². The normalized spacial score (nSPS) is 10.6. The van der Waals surface area contributed by atoms with Gasteiger partial charge in [-0.15, -0.1) is 10.2 Å². The Balaban J connectivity index is 2.04. The van der Waals surface area contributed by atoms with Gasteiger partial charge >= 0.3 is 5.97 Å². The fourth-order valence-corrected chi connectivity index (χ4v) is 2.99. The van der Waals surface area contributed by atoms with E-state index in [2.05, 4.69) is 19.9 Å². The fraction of sp³-hybridized carbons (Fsp3) is 0.200. The topological polar surface area (TPSA) is 65.0 Å². The molecule has 0 unspecified atom stereocenters. The highest BCUT2D eigenvalue weighted by molar-refractivity contribution is 7.99. The number of aryl methyl sites for hydroxylation is 2. The molecule has 0 aliphatic heterocycles. The summed E-state index contributed by atoms with van der Waals surface area (Å²) in [6.45, 7) is 4.08. The Morgan fingerprint density at radius 2 is 1.42 bits per heavy atom. The number of carbonyl (C=O) groups excluding carboxylic acids is 1. The SMILES string of the molecule is COC(=O)CSc1nnc(-c2ccc(C)cc2)c(-c2ccc(C)cc2)n1. The monoisotopic (exact) mass is 365 g/mol. The molecule has 6 heteroatoms. The third-order valence-corrected chi connectivity index (χ3v) is 4.68. The van der Waals surface area contributed by atoms with E-state index in [0.29, 0.717) is 5.16 Å². The number of benzene rings is 2. The molecule has 0 radical (unpaired) electrons. The van der Waals surface area contributed by atoms with Crippen LogP contribution in [0.1, 0.15) is 11.1 Å². The van der Waals surface area contributed by atoms with E-state index >= 15 is 0 Å². The van der Waals surface area contributed by atoms with Crippen LogP contribution in [0.25, 0.3) is 22.5 Å². The summed E-state index contributed by atoms with van der Waals surface area (Å²) in [7, 11) is 1.36. The predicted octanol–water partition coefficient (Wildman–Crippen LogP) is 4.09. The molecule has 0 aliphatic carbocycles. The number of rotatable bonds is 5. The molecule has 0 aliphatic rings. The highest BCUT2D eigenvalue weighted by atomic mass is 32.2. The van der Waals surface area contributed by atoms with Crippen LogP contribution in [0.4, 0.5) is 0 Å². The third-order valence-electron chi connectivity index (χ3n) is 3.86. The molecule has 5 nitrogen and oxygen atoms in total. The summed E-state index contributed by atoms with van der Waals surface area (Å²) in [4.78, 5) is 16.0. The van der Waals surface area contributed by atoms with Gasteiger partial charge in [-0.3, -0.25) is 4.79 Å². The van der Waals surface area contributed by atoms with E-state index in [-0.39, 0.29) is 11.7 Å². The molecule has 0 saturated carbocycles. The number of hydrogen-bond donors (Lipinski definition) is 0. The lowest BCUT2D eigenvalue weighted by molar-refractivity contribution is -0.137. The van der Waals surface area contributed by atoms with Crippen molar-refractivity contribution in [2.24, 2.45) is 0 Å². The van der Waals surface area contributed by atoms with Gasteiger partial charge in [-0.2, -0.15) is 0 Å². The van der Waals surface area contributed by atoms with Crippen molar-refractivity contribution in [3.63, 3.8) is 0 Å². The first-order valence-corrected chi connectivity index (χ1v) is 9.14. The maximum Gasteiger partial charge on any atom is 0.316 e. The first kappa shape index (κ1) is 18.1. The van der Waals surface area contributed by atoms with Gasteiger partial charge in [0.25, 0.3) is 0 Å². The molecule has 26 heavy (non-hydrogen) atoms. The molecule has 0 spiro atoms. The summed E-state index contributed by atoms with van der Waals surface area (Å²) >= 11 is 1.21. The highest BCUT2D eigenvalue weighted by Gasteiger charge is 2.15. The largest absolute Gasteiger partial charge is 0.468 e. The average Bonchev–Trinajstić information content (AvgIpc) is 2.67. The van der Waals surface area contributed by atoms with Gasteiger partial charge in [0, 0.05) is 11.1 Å². The lowest BCUT2D eigenvalue weighted by Crippen LogP contribution is -2.05. The van der Waals surface area contributed by atoms with Crippen molar-refractivity contribution in [2.45, 2.75) is 19.0 Å². The Hall–Kier alpha value is -2.73. The molecule has 2 aromatic carbocycles. The number of hydrogen-bond acceptors (Lipinski definition) is 6. The molecule has 1 aromatic heterocycles. The molecule has 132 valence electrons. The van der Waals surface area contributed by atoms with Crippen LogP contribution in [-0.2, 0) is 9.53 Å². The van der Waals surface area contributed by atoms with Crippen molar-refractivity contribution in [1.82, 2.24) is 15.2 Å². The van der Waals surface area contributed by atoms with E-state index in [1.165, 1.54) is 30.0 Å². The molecule has 0 N–H and O–H groups in total.